The first kappa shape index (κ1) is 12.8. The highest BCUT2D eigenvalue weighted by atomic mass is 16.3. The van der Waals surface area contributed by atoms with Crippen LogP contribution in [0.3, 0.4) is 0 Å². The van der Waals surface area contributed by atoms with E-state index in [0.29, 0.717) is 5.56 Å². The van der Waals surface area contributed by atoms with Crippen LogP contribution in [0.5, 0.6) is 0 Å². The lowest BCUT2D eigenvalue weighted by atomic mass is 10.1. The summed E-state index contributed by atoms with van der Waals surface area (Å²) in [6.07, 6.45) is -0.510. The van der Waals surface area contributed by atoms with E-state index < -0.39 is 6.10 Å². The summed E-state index contributed by atoms with van der Waals surface area (Å²) >= 11 is 0. The second-order valence-corrected chi connectivity index (χ2v) is 2.86. The van der Waals surface area contributed by atoms with Gasteiger partial charge in [-0.3, -0.25) is 4.79 Å². The Kier molecular flexibility index (Phi) is 5.81. The molecule has 2 nitrogen and oxygen atoms in total. The van der Waals surface area contributed by atoms with Crippen LogP contribution in [0.25, 0.3) is 0 Å². The van der Waals surface area contributed by atoms with Crippen LogP contribution in [0.15, 0.2) is 24.3 Å². The lowest BCUT2D eigenvalue weighted by molar-refractivity contribution is 0.101. The van der Waals surface area contributed by atoms with Gasteiger partial charge >= 0.3 is 0 Å². The van der Waals surface area contributed by atoms with E-state index in [1.54, 1.807) is 31.2 Å². The summed E-state index contributed by atoms with van der Waals surface area (Å²) in [5.74, 6) is 0.0255. The van der Waals surface area contributed by atoms with Crippen molar-refractivity contribution in [2.45, 2.75) is 33.8 Å². The molecule has 1 N–H and O–H groups in total. The van der Waals surface area contributed by atoms with E-state index in [4.69, 9.17) is 0 Å². The fourth-order valence-corrected chi connectivity index (χ4v) is 1.02. The molecule has 1 aromatic carbocycles. The highest BCUT2D eigenvalue weighted by Crippen LogP contribution is 2.13. The minimum Gasteiger partial charge on any atom is -0.389 e. The van der Waals surface area contributed by atoms with Gasteiger partial charge in [0.2, 0.25) is 0 Å². The van der Waals surface area contributed by atoms with Crippen molar-refractivity contribution in [3.05, 3.63) is 35.4 Å². The molecule has 0 saturated carbocycles. The first-order chi connectivity index (χ1) is 6.61. The topological polar surface area (TPSA) is 37.3 Å². The molecule has 14 heavy (non-hydrogen) atoms. The highest BCUT2D eigenvalue weighted by molar-refractivity contribution is 5.94. The van der Waals surface area contributed by atoms with Gasteiger partial charge in [0.15, 0.2) is 5.78 Å². The Hall–Kier alpha value is -1.15. The Balaban J connectivity index is 0.000000791. The van der Waals surface area contributed by atoms with Crippen molar-refractivity contribution in [1.82, 2.24) is 0 Å². The number of carbonyl (C=O) groups excluding carboxylic acids is 1. The molecule has 0 saturated heterocycles. The van der Waals surface area contributed by atoms with Crippen molar-refractivity contribution in [2.75, 3.05) is 0 Å². The van der Waals surface area contributed by atoms with Gasteiger partial charge in [-0.1, -0.05) is 32.0 Å². The molecule has 1 aromatic rings. The number of aliphatic hydroxyl groups is 1. The predicted octanol–water partition coefficient (Wildman–Crippen LogP) is 2.97. The standard InChI is InChI=1S/C10H12O2.C2H6/c1-7(11)9-4-3-5-10(6-9)8(2)12;1-2/h3-7,11H,1-2H3;1-2H3. The molecule has 1 unspecified atom stereocenters. The van der Waals surface area contributed by atoms with Crippen molar-refractivity contribution < 1.29 is 9.90 Å². The Morgan fingerprint density at radius 3 is 2.36 bits per heavy atom. The van der Waals surface area contributed by atoms with Gasteiger partial charge in [0.25, 0.3) is 0 Å². The van der Waals surface area contributed by atoms with Crippen LogP contribution >= 0.6 is 0 Å². The minimum atomic E-state index is -0.510. The molecule has 0 aliphatic rings. The minimum absolute atomic E-state index is 0.0255. The fraction of sp³-hybridized carbons (Fsp3) is 0.417. The Morgan fingerprint density at radius 2 is 1.93 bits per heavy atom. The molecule has 0 fully saturated rings. The molecule has 1 rings (SSSR count). The quantitative estimate of drug-likeness (QED) is 0.735. The molecule has 0 spiro atoms. The third kappa shape index (κ3) is 3.71. The van der Waals surface area contributed by atoms with Crippen molar-refractivity contribution in [2.24, 2.45) is 0 Å². The van der Waals surface area contributed by atoms with Crippen LogP contribution in [0.4, 0.5) is 0 Å². The molecular formula is C12H18O2. The van der Waals surface area contributed by atoms with E-state index in [1.165, 1.54) is 6.92 Å². The second kappa shape index (κ2) is 6.33. The van der Waals surface area contributed by atoms with Crippen molar-refractivity contribution in [1.29, 1.82) is 0 Å². The number of ketones is 1. The molecule has 0 heterocycles. The highest BCUT2D eigenvalue weighted by Gasteiger charge is 2.03. The Labute approximate surface area is 85.6 Å². The average molecular weight is 194 g/mol. The van der Waals surface area contributed by atoms with Gasteiger partial charge in [0.05, 0.1) is 6.10 Å². The van der Waals surface area contributed by atoms with E-state index >= 15 is 0 Å². The predicted molar refractivity (Wildman–Crippen MR) is 58.4 cm³/mol. The van der Waals surface area contributed by atoms with Crippen LogP contribution in [0, 0.1) is 0 Å². The van der Waals surface area contributed by atoms with Gasteiger partial charge in [-0.2, -0.15) is 0 Å². The van der Waals surface area contributed by atoms with Crippen molar-refractivity contribution in [3.8, 4) is 0 Å². The van der Waals surface area contributed by atoms with Crippen LogP contribution in [0.1, 0.15) is 49.7 Å². The van der Waals surface area contributed by atoms with E-state index in [-0.39, 0.29) is 5.78 Å². The molecule has 0 aliphatic carbocycles. The summed E-state index contributed by atoms with van der Waals surface area (Å²) in [7, 11) is 0. The lowest BCUT2D eigenvalue weighted by Gasteiger charge is -2.04. The van der Waals surface area contributed by atoms with Gasteiger partial charge in [-0.15, -0.1) is 0 Å². The van der Waals surface area contributed by atoms with Crippen molar-refractivity contribution in [3.63, 3.8) is 0 Å². The van der Waals surface area contributed by atoms with Gasteiger partial charge in [-0.25, -0.2) is 0 Å². The van der Waals surface area contributed by atoms with E-state index in [1.807, 2.05) is 13.8 Å². The molecule has 2 heteroatoms. The first-order valence-electron chi connectivity index (χ1n) is 4.90. The number of Topliss-reactive ketones (excluding diaryl/α,β-unsaturated/α-hetero) is 1. The molecular weight excluding hydrogens is 176 g/mol. The maximum absolute atomic E-state index is 10.9. The average Bonchev–Trinajstić information content (AvgIpc) is 2.21. The third-order valence-corrected chi connectivity index (χ3v) is 1.78. The zero-order valence-corrected chi connectivity index (χ0v) is 9.24. The maximum atomic E-state index is 10.9. The maximum Gasteiger partial charge on any atom is 0.159 e. The number of hydrogen-bond acceptors (Lipinski definition) is 2. The van der Waals surface area contributed by atoms with E-state index in [9.17, 15) is 9.90 Å². The van der Waals surface area contributed by atoms with Gasteiger partial charge in [-0.05, 0) is 25.5 Å². The zero-order chi connectivity index (χ0) is 11.1. The van der Waals surface area contributed by atoms with Crippen LogP contribution in [-0.4, -0.2) is 10.9 Å². The largest absolute Gasteiger partial charge is 0.389 e. The van der Waals surface area contributed by atoms with Crippen LogP contribution in [0.2, 0.25) is 0 Å². The van der Waals surface area contributed by atoms with E-state index in [2.05, 4.69) is 0 Å². The number of rotatable bonds is 2. The fourth-order valence-electron chi connectivity index (χ4n) is 1.02. The summed E-state index contributed by atoms with van der Waals surface area (Å²) in [4.78, 5) is 10.9. The summed E-state index contributed by atoms with van der Waals surface area (Å²) in [5, 5.41) is 9.22. The molecule has 78 valence electrons. The van der Waals surface area contributed by atoms with Gasteiger partial charge in [0, 0.05) is 5.56 Å². The Bertz CT molecular complexity index is 290. The lowest BCUT2D eigenvalue weighted by Crippen LogP contribution is -1.96. The normalized spacial score (nSPS) is 11.2. The van der Waals surface area contributed by atoms with Crippen LogP contribution in [-0.2, 0) is 0 Å². The van der Waals surface area contributed by atoms with Crippen LogP contribution < -0.4 is 0 Å². The van der Waals surface area contributed by atoms with Gasteiger partial charge < -0.3 is 5.11 Å². The number of carbonyl (C=O) groups is 1. The molecule has 0 aromatic heterocycles. The molecule has 0 aliphatic heterocycles. The Morgan fingerprint density at radius 1 is 1.36 bits per heavy atom. The zero-order valence-electron chi connectivity index (χ0n) is 9.24. The number of benzene rings is 1. The summed E-state index contributed by atoms with van der Waals surface area (Å²) in [6, 6.07) is 7.04. The molecule has 0 bridgehead atoms. The summed E-state index contributed by atoms with van der Waals surface area (Å²) < 4.78 is 0. The third-order valence-electron chi connectivity index (χ3n) is 1.78. The van der Waals surface area contributed by atoms with Crippen molar-refractivity contribution >= 4 is 5.78 Å². The van der Waals surface area contributed by atoms with E-state index in [0.717, 1.165) is 5.56 Å². The smallest absolute Gasteiger partial charge is 0.159 e. The molecule has 0 radical (unpaired) electrons. The summed E-state index contributed by atoms with van der Waals surface area (Å²) in [6.45, 7) is 7.19. The second-order valence-electron chi connectivity index (χ2n) is 2.86. The molecule has 1 atom stereocenters. The monoisotopic (exact) mass is 194 g/mol. The van der Waals surface area contributed by atoms with Gasteiger partial charge in [0.1, 0.15) is 0 Å². The number of hydrogen-bond donors (Lipinski definition) is 1. The molecule has 0 amide bonds. The summed E-state index contributed by atoms with van der Waals surface area (Å²) in [5.41, 5.74) is 1.43. The number of aliphatic hydroxyl groups excluding tert-OH is 1. The SMILES string of the molecule is CC.CC(=O)c1cccc(C(C)O)c1. The first-order valence-corrected chi connectivity index (χ1v) is 4.90.